The topological polar surface area (TPSA) is 76.7 Å². The van der Waals surface area contributed by atoms with E-state index in [2.05, 4.69) is 17.6 Å². The summed E-state index contributed by atoms with van der Waals surface area (Å²) in [7, 11) is 3.21. The quantitative estimate of drug-likeness (QED) is 0.814. The highest BCUT2D eigenvalue weighted by Gasteiger charge is 2.58. The summed E-state index contributed by atoms with van der Waals surface area (Å²) in [5, 5.41) is 6.47. The van der Waals surface area contributed by atoms with Gasteiger partial charge in [0, 0.05) is 28.5 Å². The molecule has 1 heterocycles. The van der Waals surface area contributed by atoms with E-state index in [1.54, 1.807) is 14.2 Å². The maximum atomic E-state index is 12.9. The molecule has 158 valence electrons. The molecule has 30 heavy (non-hydrogen) atoms. The highest BCUT2D eigenvalue weighted by atomic mass is 16.5. The van der Waals surface area contributed by atoms with Crippen LogP contribution in [0, 0.1) is 11.3 Å². The number of benzene rings is 2. The van der Waals surface area contributed by atoms with Crippen molar-refractivity contribution in [2.75, 3.05) is 14.2 Å². The van der Waals surface area contributed by atoms with Gasteiger partial charge in [0.2, 0.25) is 5.91 Å². The number of methoxy groups -OCH3 is 2. The zero-order valence-corrected chi connectivity index (χ0v) is 18.3. The minimum Gasteiger partial charge on any atom is -0.497 e. The standard InChI is InChI=1S/C24H28N2O4/c1-13-20(25-22(28)23(2,3)4)19-17(11-14(29-5)12-18(19)30-6)24(13)16-10-8-7-9-15(16)21(27)26-24/h7-13,20H,1-6H3,(H,25,28)(H,26,27)/t13-,20-,24-/m1/s1. The second-order valence-electron chi connectivity index (χ2n) is 9.09. The first kappa shape index (κ1) is 20.3. The van der Waals surface area contributed by atoms with Gasteiger partial charge >= 0.3 is 0 Å². The van der Waals surface area contributed by atoms with Crippen molar-refractivity contribution in [2.45, 2.75) is 39.3 Å². The van der Waals surface area contributed by atoms with Crippen molar-refractivity contribution < 1.29 is 19.1 Å². The molecule has 1 spiro atoms. The van der Waals surface area contributed by atoms with Crippen LogP contribution in [-0.2, 0) is 10.3 Å². The van der Waals surface area contributed by atoms with Crippen LogP contribution in [0.4, 0.5) is 0 Å². The Labute approximate surface area is 177 Å². The molecule has 1 aliphatic carbocycles. The zero-order valence-electron chi connectivity index (χ0n) is 18.3. The van der Waals surface area contributed by atoms with Gasteiger partial charge in [0.1, 0.15) is 11.5 Å². The molecule has 0 aromatic heterocycles. The molecule has 4 rings (SSSR count). The van der Waals surface area contributed by atoms with E-state index in [1.165, 1.54) is 0 Å². The van der Waals surface area contributed by atoms with Gasteiger partial charge in [0.25, 0.3) is 5.91 Å². The largest absolute Gasteiger partial charge is 0.497 e. The highest BCUT2D eigenvalue weighted by Crippen LogP contribution is 2.57. The van der Waals surface area contributed by atoms with Crippen molar-refractivity contribution in [1.82, 2.24) is 10.6 Å². The van der Waals surface area contributed by atoms with E-state index >= 15 is 0 Å². The van der Waals surface area contributed by atoms with E-state index in [1.807, 2.05) is 57.2 Å². The maximum absolute atomic E-state index is 12.9. The van der Waals surface area contributed by atoms with Gasteiger partial charge in [-0.15, -0.1) is 0 Å². The first-order valence-electron chi connectivity index (χ1n) is 10.1. The summed E-state index contributed by atoms with van der Waals surface area (Å²) < 4.78 is 11.2. The van der Waals surface area contributed by atoms with Crippen molar-refractivity contribution in [3.63, 3.8) is 0 Å². The number of carbonyl (C=O) groups excluding carboxylic acids is 2. The summed E-state index contributed by atoms with van der Waals surface area (Å²) in [6.45, 7) is 7.71. The average Bonchev–Trinajstić information content (AvgIpc) is 3.14. The maximum Gasteiger partial charge on any atom is 0.252 e. The first-order valence-corrected chi connectivity index (χ1v) is 10.1. The molecule has 2 aliphatic rings. The van der Waals surface area contributed by atoms with Crippen LogP contribution in [-0.4, -0.2) is 26.0 Å². The van der Waals surface area contributed by atoms with Gasteiger partial charge in [0.15, 0.2) is 0 Å². The Hall–Kier alpha value is -3.02. The van der Waals surface area contributed by atoms with Gasteiger partial charge in [-0.3, -0.25) is 9.59 Å². The normalized spacial score (nSPS) is 24.3. The zero-order chi connectivity index (χ0) is 21.8. The second-order valence-corrected chi connectivity index (χ2v) is 9.09. The molecule has 0 saturated carbocycles. The average molecular weight is 408 g/mol. The summed E-state index contributed by atoms with van der Waals surface area (Å²) in [6, 6.07) is 11.1. The molecule has 0 unspecified atom stereocenters. The third-order valence-corrected chi connectivity index (χ3v) is 6.37. The Balaban J connectivity index is 1.98. The van der Waals surface area contributed by atoms with Crippen molar-refractivity contribution in [3.05, 3.63) is 58.7 Å². The third-order valence-electron chi connectivity index (χ3n) is 6.37. The number of carbonyl (C=O) groups is 2. The summed E-state index contributed by atoms with van der Waals surface area (Å²) >= 11 is 0. The van der Waals surface area contributed by atoms with Gasteiger partial charge in [-0.2, -0.15) is 0 Å². The molecule has 0 radical (unpaired) electrons. The van der Waals surface area contributed by atoms with Crippen molar-refractivity contribution >= 4 is 11.8 Å². The molecule has 0 saturated heterocycles. The summed E-state index contributed by atoms with van der Waals surface area (Å²) in [5.74, 6) is 0.947. The monoisotopic (exact) mass is 408 g/mol. The molecule has 2 aromatic carbocycles. The van der Waals surface area contributed by atoms with Crippen LogP contribution < -0.4 is 20.1 Å². The van der Waals surface area contributed by atoms with Gasteiger partial charge < -0.3 is 20.1 Å². The molecule has 2 amide bonds. The molecular weight excluding hydrogens is 380 g/mol. The number of ether oxygens (including phenoxy) is 2. The molecule has 2 aromatic rings. The van der Waals surface area contributed by atoms with Crippen molar-refractivity contribution in [2.24, 2.45) is 11.3 Å². The molecule has 6 nitrogen and oxygen atoms in total. The Morgan fingerprint density at radius 1 is 1.10 bits per heavy atom. The lowest BCUT2D eigenvalue weighted by Crippen LogP contribution is -2.47. The fourth-order valence-corrected chi connectivity index (χ4v) is 4.75. The lowest BCUT2D eigenvalue weighted by molar-refractivity contribution is -0.129. The highest BCUT2D eigenvalue weighted by molar-refractivity contribution is 6.01. The van der Waals surface area contributed by atoms with Crippen LogP contribution >= 0.6 is 0 Å². The number of amides is 2. The summed E-state index contributed by atoms with van der Waals surface area (Å²) in [4.78, 5) is 25.9. The van der Waals surface area contributed by atoms with E-state index in [9.17, 15) is 9.59 Å². The van der Waals surface area contributed by atoms with E-state index in [0.717, 1.165) is 16.7 Å². The molecule has 3 atom stereocenters. The molecule has 2 N–H and O–H groups in total. The van der Waals surface area contributed by atoms with Crippen LogP contribution in [0.25, 0.3) is 0 Å². The van der Waals surface area contributed by atoms with Crippen LogP contribution in [0.1, 0.15) is 60.8 Å². The molecule has 0 fully saturated rings. The van der Waals surface area contributed by atoms with Gasteiger partial charge in [-0.25, -0.2) is 0 Å². The van der Waals surface area contributed by atoms with Gasteiger partial charge in [0.05, 0.1) is 25.8 Å². The Morgan fingerprint density at radius 2 is 1.80 bits per heavy atom. The lowest BCUT2D eigenvalue weighted by atomic mass is 9.78. The van der Waals surface area contributed by atoms with E-state index < -0.39 is 11.0 Å². The minimum atomic E-state index is -0.777. The second kappa shape index (κ2) is 6.76. The number of fused-ring (bicyclic) bond motifs is 4. The molecule has 1 aliphatic heterocycles. The Bertz CT molecular complexity index is 1040. The van der Waals surface area contributed by atoms with E-state index in [-0.39, 0.29) is 23.8 Å². The summed E-state index contributed by atoms with van der Waals surface area (Å²) in [5.41, 5.74) is 2.00. The Kier molecular flexibility index (Phi) is 4.56. The smallest absolute Gasteiger partial charge is 0.252 e. The number of hydrogen-bond donors (Lipinski definition) is 2. The predicted octanol–water partition coefficient (Wildman–Crippen LogP) is 3.54. The molecule has 6 heteroatoms. The van der Waals surface area contributed by atoms with Crippen molar-refractivity contribution in [3.8, 4) is 11.5 Å². The van der Waals surface area contributed by atoms with Crippen molar-refractivity contribution in [1.29, 1.82) is 0 Å². The summed E-state index contributed by atoms with van der Waals surface area (Å²) in [6.07, 6.45) is 0. The van der Waals surface area contributed by atoms with E-state index in [0.29, 0.717) is 17.1 Å². The first-order chi connectivity index (χ1) is 14.1. The fraction of sp³-hybridized carbons (Fsp3) is 0.417. The number of rotatable bonds is 3. The molecule has 0 bridgehead atoms. The Morgan fingerprint density at radius 3 is 2.43 bits per heavy atom. The number of nitrogens with one attached hydrogen (secondary N) is 2. The number of hydrogen-bond acceptors (Lipinski definition) is 4. The van der Waals surface area contributed by atoms with Gasteiger partial charge in [-0.1, -0.05) is 45.9 Å². The van der Waals surface area contributed by atoms with Crippen LogP contribution in [0.5, 0.6) is 11.5 Å². The van der Waals surface area contributed by atoms with E-state index in [4.69, 9.17) is 9.47 Å². The SMILES string of the molecule is COc1cc(OC)c2c(c1)[C@@]1(NC(=O)c3ccccc31)[C@H](C)[C@H]2NC(=O)C(C)(C)C. The molecular formula is C24H28N2O4. The van der Waals surface area contributed by atoms with Crippen LogP contribution in [0.15, 0.2) is 36.4 Å². The van der Waals surface area contributed by atoms with Crippen LogP contribution in [0.2, 0.25) is 0 Å². The fourth-order valence-electron chi connectivity index (χ4n) is 4.75. The minimum absolute atomic E-state index is 0.0576. The van der Waals surface area contributed by atoms with Crippen LogP contribution in [0.3, 0.4) is 0 Å². The predicted molar refractivity (Wildman–Crippen MR) is 114 cm³/mol. The third kappa shape index (κ3) is 2.70. The van der Waals surface area contributed by atoms with Gasteiger partial charge in [-0.05, 0) is 23.3 Å². The lowest BCUT2D eigenvalue weighted by Gasteiger charge is -2.34.